The molecule has 0 aliphatic carbocycles. The highest BCUT2D eigenvalue weighted by Crippen LogP contribution is 2.23. The summed E-state index contributed by atoms with van der Waals surface area (Å²) in [6.45, 7) is 8.18. The summed E-state index contributed by atoms with van der Waals surface area (Å²) < 4.78 is 0. The Kier molecular flexibility index (Phi) is 14.0. The molecule has 1 aliphatic rings. The third kappa shape index (κ3) is 11.2. The second kappa shape index (κ2) is 18.4. The lowest BCUT2D eigenvalue weighted by atomic mass is 10.0. The Balaban J connectivity index is 1.61. The molecule has 2 heterocycles. The molecule has 0 saturated heterocycles. The van der Waals surface area contributed by atoms with E-state index in [1.807, 2.05) is 53.4 Å². The van der Waals surface area contributed by atoms with Gasteiger partial charge < -0.3 is 26.2 Å². The number of likely N-dealkylation sites (N-methyl/N-ethyl adjacent to an activating group) is 1. The minimum Gasteiger partial charge on any atom is -0.345 e. The van der Waals surface area contributed by atoms with E-state index in [4.69, 9.17) is 0 Å². The van der Waals surface area contributed by atoms with Gasteiger partial charge in [0.25, 0.3) is 5.91 Å². The number of hydrogen-bond donors (Lipinski definition) is 4. The SMILES string of the molecule is CC(C)[C@@H]1NC(=O)[C@H](C)NC(=O)c2csc(n2)[C@H](Cc2ccccc2)NC(=O)CN(CCCc2ccccc2)CCN(C)C(=O)[C@@H](C)NC1=O. The Morgan fingerprint density at radius 1 is 0.820 bits per heavy atom. The topological polar surface area (TPSA) is 153 Å². The number of benzene rings is 2. The number of rotatable bonds is 7. The highest BCUT2D eigenvalue weighted by Gasteiger charge is 2.31. The van der Waals surface area contributed by atoms with E-state index >= 15 is 0 Å². The summed E-state index contributed by atoms with van der Waals surface area (Å²) in [5, 5.41) is 13.5. The van der Waals surface area contributed by atoms with E-state index in [9.17, 15) is 24.0 Å². The second-order valence-electron chi connectivity index (χ2n) is 13.2. The van der Waals surface area contributed by atoms with Crippen LogP contribution in [0.2, 0.25) is 0 Å². The summed E-state index contributed by atoms with van der Waals surface area (Å²) >= 11 is 1.26. The lowest BCUT2D eigenvalue weighted by Crippen LogP contribution is -2.57. The van der Waals surface area contributed by atoms with Gasteiger partial charge in [-0.25, -0.2) is 4.98 Å². The van der Waals surface area contributed by atoms with Gasteiger partial charge >= 0.3 is 0 Å². The smallest absolute Gasteiger partial charge is 0.271 e. The van der Waals surface area contributed by atoms with Crippen LogP contribution >= 0.6 is 11.3 Å². The average molecular weight is 704 g/mol. The number of carbonyl (C=O) groups is 5. The van der Waals surface area contributed by atoms with Gasteiger partial charge in [0, 0.05) is 25.5 Å². The largest absolute Gasteiger partial charge is 0.345 e. The highest BCUT2D eigenvalue weighted by atomic mass is 32.1. The fourth-order valence-electron chi connectivity index (χ4n) is 5.71. The van der Waals surface area contributed by atoms with Crippen molar-refractivity contribution in [3.63, 3.8) is 0 Å². The first-order valence-corrected chi connectivity index (χ1v) is 18.0. The van der Waals surface area contributed by atoms with Crippen LogP contribution in [0.1, 0.15) is 66.8 Å². The molecule has 2 bridgehead atoms. The van der Waals surface area contributed by atoms with Gasteiger partial charge in [-0.3, -0.25) is 28.9 Å². The molecule has 0 saturated carbocycles. The van der Waals surface area contributed by atoms with E-state index in [2.05, 4.69) is 38.4 Å². The van der Waals surface area contributed by atoms with Crippen LogP contribution in [-0.2, 0) is 32.0 Å². The summed E-state index contributed by atoms with van der Waals surface area (Å²) in [5.41, 5.74) is 2.32. The van der Waals surface area contributed by atoms with E-state index in [1.54, 1.807) is 38.1 Å². The van der Waals surface area contributed by atoms with Crippen molar-refractivity contribution in [3.8, 4) is 0 Å². The summed E-state index contributed by atoms with van der Waals surface area (Å²) in [6, 6.07) is 16.6. The molecule has 1 aromatic heterocycles. The Morgan fingerprint density at radius 3 is 2.14 bits per heavy atom. The van der Waals surface area contributed by atoms with Crippen molar-refractivity contribution in [2.75, 3.05) is 33.2 Å². The van der Waals surface area contributed by atoms with Crippen LogP contribution in [0.5, 0.6) is 0 Å². The molecule has 1 aliphatic heterocycles. The minimum atomic E-state index is -0.978. The molecule has 50 heavy (non-hydrogen) atoms. The Labute approximate surface area is 298 Å². The first-order chi connectivity index (χ1) is 23.9. The first kappa shape index (κ1) is 38.2. The molecular formula is C37H49N7O5S. The van der Waals surface area contributed by atoms with E-state index in [-0.39, 0.29) is 30.0 Å². The lowest BCUT2D eigenvalue weighted by molar-refractivity contribution is -0.136. The normalized spacial score (nSPS) is 22.3. The zero-order valence-electron chi connectivity index (χ0n) is 29.5. The Bertz CT molecular complexity index is 1600. The third-order valence-electron chi connectivity index (χ3n) is 8.67. The molecule has 13 heteroatoms. The van der Waals surface area contributed by atoms with Crippen molar-refractivity contribution < 1.29 is 24.0 Å². The molecule has 5 amide bonds. The number of fused-ring (bicyclic) bond motifs is 2. The van der Waals surface area contributed by atoms with E-state index in [0.717, 1.165) is 18.4 Å². The summed E-state index contributed by atoms with van der Waals surface area (Å²) in [5.74, 6) is -2.40. The fourth-order valence-corrected chi connectivity index (χ4v) is 6.56. The van der Waals surface area contributed by atoms with Crippen LogP contribution in [0.25, 0.3) is 0 Å². The number of amides is 5. The molecule has 4 rings (SSSR count). The van der Waals surface area contributed by atoms with Crippen molar-refractivity contribution >= 4 is 40.9 Å². The number of nitrogens with one attached hydrogen (secondary N) is 4. The van der Waals surface area contributed by atoms with Gasteiger partial charge in [-0.15, -0.1) is 11.3 Å². The van der Waals surface area contributed by atoms with Crippen molar-refractivity contribution in [1.29, 1.82) is 0 Å². The van der Waals surface area contributed by atoms with Crippen molar-refractivity contribution in [1.82, 2.24) is 36.1 Å². The van der Waals surface area contributed by atoms with Gasteiger partial charge in [0.1, 0.15) is 28.8 Å². The Morgan fingerprint density at radius 2 is 1.48 bits per heavy atom. The van der Waals surface area contributed by atoms with Gasteiger partial charge in [0.05, 0.1) is 12.6 Å². The summed E-state index contributed by atoms with van der Waals surface area (Å²) in [6.07, 6.45) is 2.10. The standard InChI is InChI=1S/C37H49N7O5S/c1-24(2)32-35(48)39-26(4)37(49)43(5)19-20-44(18-12-17-27-13-8-6-9-14-27)22-31(45)40-29(21-28-15-10-7-11-16-28)36-41-30(23-50-36)34(47)38-25(3)33(46)42-32/h6-11,13-16,23-26,29,32H,12,17-22H2,1-5H3,(H,38,47)(H,39,48)(H,40,45)(H,42,46)/t25-,26+,29-,32-/m0/s1. The van der Waals surface area contributed by atoms with Crippen LogP contribution in [0.15, 0.2) is 66.0 Å². The van der Waals surface area contributed by atoms with Crippen LogP contribution in [0, 0.1) is 5.92 Å². The predicted octanol–water partition coefficient (Wildman–Crippen LogP) is 2.71. The molecule has 268 valence electrons. The van der Waals surface area contributed by atoms with Gasteiger partial charge in [0.15, 0.2) is 0 Å². The van der Waals surface area contributed by atoms with Crippen molar-refractivity contribution in [3.05, 3.63) is 87.9 Å². The van der Waals surface area contributed by atoms with Gasteiger partial charge in [-0.05, 0) is 56.7 Å². The van der Waals surface area contributed by atoms with Crippen molar-refractivity contribution in [2.45, 2.75) is 71.1 Å². The minimum absolute atomic E-state index is 0.0917. The second-order valence-corrected chi connectivity index (χ2v) is 14.1. The zero-order valence-corrected chi connectivity index (χ0v) is 30.3. The zero-order chi connectivity index (χ0) is 36.2. The molecular weight excluding hydrogens is 655 g/mol. The number of nitrogens with zero attached hydrogens (tertiary/aromatic N) is 3. The molecule has 0 spiro atoms. The fraction of sp³-hybridized carbons (Fsp3) is 0.459. The molecule has 4 atom stereocenters. The van der Waals surface area contributed by atoms with E-state index in [0.29, 0.717) is 31.1 Å². The molecule has 0 unspecified atom stereocenters. The van der Waals surface area contributed by atoms with Gasteiger partial charge in [-0.2, -0.15) is 0 Å². The van der Waals surface area contributed by atoms with Gasteiger partial charge in [-0.1, -0.05) is 74.5 Å². The van der Waals surface area contributed by atoms with Crippen molar-refractivity contribution in [2.24, 2.45) is 5.92 Å². The summed E-state index contributed by atoms with van der Waals surface area (Å²) in [4.78, 5) is 74.8. The summed E-state index contributed by atoms with van der Waals surface area (Å²) in [7, 11) is 1.67. The number of aromatic nitrogens is 1. The number of carbonyl (C=O) groups excluding carboxylic acids is 5. The maximum absolute atomic E-state index is 13.7. The highest BCUT2D eigenvalue weighted by molar-refractivity contribution is 7.09. The molecule has 0 fully saturated rings. The maximum Gasteiger partial charge on any atom is 0.271 e. The molecule has 3 aromatic rings. The number of thiazole rings is 1. The van der Waals surface area contributed by atoms with E-state index in [1.165, 1.54) is 23.8 Å². The molecule has 0 radical (unpaired) electrons. The van der Waals surface area contributed by atoms with Crippen LogP contribution in [0.3, 0.4) is 0 Å². The monoisotopic (exact) mass is 703 g/mol. The quantitative estimate of drug-likeness (QED) is 0.295. The maximum atomic E-state index is 13.7. The van der Waals surface area contributed by atoms with Gasteiger partial charge in [0.2, 0.25) is 23.6 Å². The lowest BCUT2D eigenvalue weighted by Gasteiger charge is -2.29. The predicted molar refractivity (Wildman–Crippen MR) is 193 cm³/mol. The molecule has 2 aromatic carbocycles. The third-order valence-corrected chi connectivity index (χ3v) is 9.62. The Hall–Kier alpha value is -4.62. The molecule has 12 nitrogen and oxygen atoms in total. The van der Waals surface area contributed by atoms with Crippen LogP contribution in [0.4, 0.5) is 0 Å². The average Bonchev–Trinajstić information content (AvgIpc) is 3.59. The van der Waals surface area contributed by atoms with Crippen LogP contribution < -0.4 is 21.3 Å². The van der Waals surface area contributed by atoms with E-state index < -0.39 is 41.9 Å². The molecule has 4 N–H and O–H groups in total. The number of aryl methyl sites for hydroxylation is 1. The first-order valence-electron chi connectivity index (χ1n) is 17.1. The van der Waals surface area contributed by atoms with Crippen LogP contribution in [-0.4, -0.2) is 95.7 Å². The number of hydrogen-bond acceptors (Lipinski definition) is 8.